The molecule has 3 aliphatic rings. The Morgan fingerprint density at radius 2 is 1.68 bits per heavy atom. The van der Waals surface area contributed by atoms with E-state index >= 15 is 0 Å². The van der Waals surface area contributed by atoms with Crippen molar-refractivity contribution < 1.29 is 23.9 Å². The van der Waals surface area contributed by atoms with Crippen molar-refractivity contribution in [2.45, 2.75) is 44.4 Å². The summed E-state index contributed by atoms with van der Waals surface area (Å²) in [6, 6.07) is 3.54. The lowest BCUT2D eigenvalue weighted by Gasteiger charge is -2.42. The van der Waals surface area contributed by atoms with Crippen LogP contribution < -0.4 is 0 Å². The fourth-order valence-electron chi connectivity index (χ4n) is 4.28. The van der Waals surface area contributed by atoms with Gasteiger partial charge in [0, 0.05) is 35.4 Å². The Bertz CT molecular complexity index is 771. The number of carboxylic acid groups (broad SMARTS) is 1. The Labute approximate surface area is 144 Å². The van der Waals surface area contributed by atoms with Crippen LogP contribution in [0.1, 0.15) is 50.2 Å². The predicted octanol–water partition coefficient (Wildman–Crippen LogP) is 2.78. The van der Waals surface area contributed by atoms with Gasteiger partial charge in [-0.2, -0.15) is 0 Å². The van der Waals surface area contributed by atoms with Gasteiger partial charge in [-0.05, 0) is 37.8 Å². The highest BCUT2D eigenvalue weighted by Gasteiger charge is 2.44. The minimum atomic E-state index is -0.966. The number of carbonyl (C=O) groups excluding carboxylic acids is 2. The minimum absolute atomic E-state index is 0.0111. The first-order valence-electron chi connectivity index (χ1n) is 8.63. The summed E-state index contributed by atoms with van der Waals surface area (Å²) in [5, 5.41) is 9.35. The van der Waals surface area contributed by atoms with Crippen LogP contribution in [-0.4, -0.2) is 34.1 Å². The molecule has 130 valence electrons. The van der Waals surface area contributed by atoms with Crippen LogP contribution in [0.4, 0.5) is 0 Å². The summed E-state index contributed by atoms with van der Waals surface area (Å²) >= 11 is 0. The summed E-state index contributed by atoms with van der Waals surface area (Å²) < 4.78 is 5.58. The molecule has 0 atom stereocenters. The number of nitrogens with zero attached hydrogens (tertiary/aromatic N) is 1. The van der Waals surface area contributed by atoms with E-state index in [9.17, 15) is 19.5 Å². The minimum Gasteiger partial charge on any atom is -0.480 e. The molecule has 0 radical (unpaired) electrons. The molecule has 1 aromatic heterocycles. The number of Topliss-reactive ketones (excluding diaryl/α,β-unsaturated/α-hetero) is 2. The van der Waals surface area contributed by atoms with Gasteiger partial charge in [-0.1, -0.05) is 0 Å². The molecule has 0 spiro atoms. The van der Waals surface area contributed by atoms with Crippen molar-refractivity contribution in [3.8, 4) is 0 Å². The standard InChI is InChI=1S/C19H19NO5/c21-13-6-1-4-11-17(13)19(15-8-3-9-25-15)18-12(5-2-7-14(18)22)20(11)10-16(23)24/h3,8-9,19H,1-2,4-7,10H2,(H,23,24). The van der Waals surface area contributed by atoms with Gasteiger partial charge in [-0.15, -0.1) is 0 Å². The monoisotopic (exact) mass is 341 g/mol. The van der Waals surface area contributed by atoms with E-state index in [4.69, 9.17) is 4.42 Å². The second kappa shape index (κ2) is 6.02. The van der Waals surface area contributed by atoms with Crippen LogP contribution in [0.5, 0.6) is 0 Å². The first-order chi connectivity index (χ1) is 12.1. The van der Waals surface area contributed by atoms with Crippen molar-refractivity contribution in [2.24, 2.45) is 0 Å². The second-order valence-electron chi connectivity index (χ2n) is 6.70. The third-order valence-corrected chi connectivity index (χ3v) is 5.21. The summed E-state index contributed by atoms with van der Waals surface area (Å²) in [7, 11) is 0. The first-order valence-corrected chi connectivity index (χ1v) is 8.63. The molecule has 25 heavy (non-hydrogen) atoms. The number of carboxylic acids is 1. The molecule has 0 saturated carbocycles. The Morgan fingerprint density at radius 3 is 2.16 bits per heavy atom. The summed E-state index contributed by atoms with van der Waals surface area (Å²) in [5.74, 6) is -0.900. The Morgan fingerprint density at radius 1 is 1.08 bits per heavy atom. The van der Waals surface area contributed by atoms with Crippen LogP contribution in [0.2, 0.25) is 0 Å². The average Bonchev–Trinajstić information content (AvgIpc) is 3.10. The van der Waals surface area contributed by atoms with Crippen molar-refractivity contribution >= 4 is 17.5 Å². The predicted molar refractivity (Wildman–Crippen MR) is 87.6 cm³/mol. The van der Waals surface area contributed by atoms with Gasteiger partial charge in [0.15, 0.2) is 11.6 Å². The zero-order valence-corrected chi connectivity index (χ0v) is 13.8. The van der Waals surface area contributed by atoms with Crippen molar-refractivity contribution in [3.63, 3.8) is 0 Å². The van der Waals surface area contributed by atoms with E-state index in [1.165, 1.54) is 0 Å². The lowest BCUT2D eigenvalue weighted by molar-refractivity contribution is -0.138. The SMILES string of the molecule is O=C(O)CN1C2=C(C(=O)CCC2)C(c2ccco2)C2=C1CCCC2=O. The van der Waals surface area contributed by atoms with E-state index in [0.29, 0.717) is 55.4 Å². The zero-order valence-electron chi connectivity index (χ0n) is 13.8. The number of rotatable bonds is 3. The highest BCUT2D eigenvalue weighted by Crippen LogP contribution is 2.48. The van der Waals surface area contributed by atoms with Gasteiger partial charge in [-0.25, -0.2) is 0 Å². The van der Waals surface area contributed by atoms with Crippen molar-refractivity contribution in [3.05, 3.63) is 46.7 Å². The number of aliphatic carboxylic acids is 1. The summed E-state index contributed by atoms with van der Waals surface area (Å²) in [5.41, 5.74) is 2.62. The van der Waals surface area contributed by atoms with Crippen LogP contribution in [0, 0.1) is 0 Å². The fourth-order valence-corrected chi connectivity index (χ4v) is 4.28. The summed E-state index contributed by atoms with van der Waals surface area (Å²) in [4.78, 5) is 38.6. The lowest BCUT2D eigenvalue weighted by Crippen LogP contribution is -2.41. The maximum absolute atomic E-state index is 12.7. The van der Waals surface area contributed by atoms with E-state index in [1.54, 1.807) is 23.3 Å². The maximum atomic E-state index is 12.7. The molecular formula is C19H19NO5. The second-order valence-corrected chi connectivity index (χ2v) is 6.70. The average molecular weight is 341 g/mol. The van der Waals surface area contributed by atoms with Gasteiger partial charge >= 0.3 is 5.97 Å². The molecule has 6 heteroatoms. The van der Waals surface area contributed by atoms with E-state index < -0.39 is 11.9 Å². The van der Waals surface area contributed by atoms with Gasteiger partial charge in [0.2, 0.25) is 0 Å². The lowest BCUT2D eigenvalue weighted by atomic mass is 9.72. The van der Waals surface area contributed by atoms with Crippen molar-refractivity contribution in [1.82, 2.24) is 4.90 Å². The number of hydrogen-bond acceptors (Lipinski definition) is 5. The van der Waals surface area contributed by atoms with E-state index in [1.807, 2.05) is 0 Å². The van der Waals surface area contributed by atoms with E-state index in [0.717, 1.165) is 11.4 Å². The van der Waals surface area contributed by atoms with Crippen molar-refractivity contribution in [2.75, 3.05) is 6.54 Å². The van der Waals surface area contributed by atoms with Gasteiger partial charge < -0.3 is 14.4 Å². The molecule has 0 bridgehead atoms. The number of carbonyl (C=O) groups is 3. The van der Waals surface area contributed by atoms with Crippen LogP contribution in [-0.2, 0) is 14.4 Å². The highest BCUT2D eigenvalue weighted by molar-refractivity contribution is 6.06. The molecule has 1 aromatic rings. The largest absolute Gasteiger partial charge is 0.480 e. The first kappa shape index (κ1) is 15.9. The number of hydrogen-bond donors (Lipinski definition) is 1. The van der Waals surface area contributed by atoms with Gasteiger partial charge in [0.25, 0.3) is 0 Å². The van der Waals surface area contributed by atoms with E-state index in [2.05, 4.69) is 0 Å². The molecular weight excluding hydrogens is 322 g/mol. The van der Waals surface area contributed by atoms with Crippen molar-refractivity contribution in [1.29, 1.82) is 0 Å². The van der Waals surface area contributed by atoms with Crippen LogP contribution in [0.3, 0.4) is 0 Å². The summed E-state index contributed by atoms with van der Waals surface area (Å²) in [6.45, 7) is -0.219. The molecule has 0 aromatic carbocycles. The highest BCUT2D eigenvalue weighted by atomic mass is 16.4. The smallest absolute Gasteiger partial charge is 0.323 e. The quantitative estimate of drug-likeness (QED) is 0.909. The van der Waals surface area contributed by atoms with Gasteiger partial charge in [0.1, 0.15) is 12.3 Å². The van der Waals surface area contributed by atoms with Gasteiger partial charge in [-0.3, -0.25) is 14.4 Å². The fraction of sp³-hybridized carbons (Fsp3) is 0.421. The molecule has 4 rings (SSSR count). The van der Waals surface area contributed by atoms with Gasteiger partial charge in [0.05, 0.1) is 12.2 Å². The Hall–Kier alpha value is -2.63. The molecule has 2 heterocycles. The third kappa shape index (κ3) is 2.52. The molecule has 1 aliphatic heterocycles. The van der Waals surface area contributed by atoms with E-state index in [-0.39, 0.29) is 18.1 Å². The molecule has 0 saturated heterocycles. The number of allylic oxidation sites excluding steroid dienone is 4. The summed E-state index contributed by atoms with van der Waals surface area (Å²) in [6.07, 6.45) is 5.10. The normalized spacial score (nSPS) is 21.5. The molecule has 6 nitrogen and oxygen atoms in total. The number of furan rings is 1. The Balaban J connectivity index is 1.95. The maximum Gasteiger partial charge on any atom is 0.323 e. The number of ketones is 2. The molecule has 2 aliphatic carbocycles. The van der Waals surface area contributed by atoms with Crippen LogP contribution >= 0.6 is 0 Å². The molecule has 0 amide bonds. The van der Waals surface area contributed by atoms with Crippen LogP contribution in [0.25, 0.3) is 0 Å². The van der Waals surface area contributed by atoms with Crippen LogP contribution in [0.15, 0.2) is 45.4 Å². The Kier molecular flexibility index (Phi) is 3.82. The topological polar surface area (TPSA) is 87.8 Å². The molecule has 0 fully saturated rings. The third-order valence-electron chi connectivity index (χ3n) is 5.21. The molecule has 0 unspecified atom stereocenters. The zero-order chi connectivity index (χ0) is 17.6. The molecule has 1 N–H and O–H groups in total.